The number of aliphatic hydroxyl groups is 4. The van der Waals surface area contributed by atoms with Gasteiger partial charge in [-0.25, -0.2) is 27.6 Å². The second-order valence-electron chi connectivity index (χ2n) is 9.91. The maximum absolute atomic E-state index is 12.5. The van der Waals surface area contributed by atoms with E-state index in [4.69, 9.17) is 17.0 Å². The number of nitrogens with zero attached hydrogens (tertiary/aromatic N) is 2. The molecule has 2 saturated heterocycles. The molecule has 9 N–H and O–H groups in total. The first-order valence-electron chi connectivity index (χ1n) is 13.0. The first kappa shape index (κ1) is 39.6. The molecule has 0 aliphatic carbocycles. The summed E-state index contributed by atoms with van der Waals surface area (Å²) in [6, 6.07) is 1.76. The SMILES string of the molecule is [B]P(=O)(OC[C@H]1O[C@@H](n2ccc(=O)[nH]c2=O)[C@H](O)[C@@H]1O)OP(=O)(O)OP(=O)(O)OP(=O)(O)OC[C@H]1O[C@@H](n2ccc(=O)[nH]c2=O)[C@H](O)[C@@H]1O. The Morgan fingerprint density at radius 3 is 1.47 bits per heavy atom. The van der Waals surface area contributed by atoms with Crippen LogP contribution >= 0.6 is 30.9 Å². The number of phosphoric acid groups is 3. The van der Waals surface area contributed by atoms with Gasteiger partial charge >= 0.3 is 34.8 Å². The predicted molar refractivity (Wildman–Crippen MR) is 152 cm³/mol. The number of hydrogen-bond donors (Lipinski definition) is 9. The molecule has 2 aliphatic heterocycles. The second-order valence-corrected chi connectivity index (χ2v) is 16.3. The standard InChI is InChI=1S/C18H25BN4O22P4/c19-46(32,39-5-7-11(26)13(28)15(41-7)22-3-1-9(24)20-17(22)30)43-48(35,36)45-49(37,38)44-47(33,34)40-6-8-12(27)14(29)16(42-8)23-4-2-10(25)21-18(23)31/h1-4,7-8,11-16,26-29H,5-6H2,(H,33,34)(H,35,36)(H,37,38)(H,20,24,30)(H,21,25,31)/t7-,8-,11-,12-,13-,14-,15-,16-,46?/m1/s1. The van der Waals surface area contributed by atoms with Crippen molar-refractivity contribution in [3.8, 4) is 0 Å². The fraction of sp³-hybridized carbons (Fsp3) is 0.556. The van der Waals surface area contributed by atoms with Crippen LogP contribution in [0.2, 0.25) is 0 Å². The van der Waals surface area contributed by atoms with Gasteiger partial charge in [-0.1, -0.05) is 0 Å². The molecule has 12 atom stereocenters. The molecule has 4 rings (SSSR count). The molecule has 26 nitrogen and oxygen atoms in total. The maximum Gasteiger partial charge on any atom is 0.490 e. The normalized spacial score (nSPS) is 32.1. The largest absolute Gasteiger partial charge is 0.490 e. The monoisotopic (exact) mass is 784 g/mol. The Morgan fingerprint density at radius 1 is 0.653 bits per heavy atom. The van der Waals surface area contributed by atoms with Gasteiger partial charge in [0, 0.05) is 24.5 Å². The van der Waals surface area contributed by atoms with Crippen molar-refractivity contribution in [2.75, 3.05) is 13.2 Å². The highest BCUT2D eigenvalue weighted by Gasteiger charge is 2.49. The van der Waals surface area contributed by atoms with Gasteiger partial charge in [0.15, 0.2) is 12.5 Å². The predicted octanol–water partition coefficient (Wildman–Crippen LogP) is -4.01. The smallest absolute Gasteiger partial charge is 0.387 e. The van der Waals surface area contributed by atoms with E-state index in [0.717, 1.165) is 24.5 Å². The lowest BCUT2D eigenvalue weighted by Gasteiger charge is -2.23. The van der Waals surface area contributed by atoms with E-state index in [-0.39, 0.29) is 0 Å². The Balaban J connectivity index is 1.31. The summed E-state index contributed by atoms with van der Waals surface area (Å²) in [5, 5.41) is 40.8. The van der Waals surface area contributed by atoms with Crippen LogP contribution in [0, 0.1) is 0 Å². The van der Waals surface area contributed by atoms with Crippen LogP contribution in [0.5, 0.6) is 0 Å². The minimum absolute atomic E-state index is 0.652. The number of phosphoric ester groups is 1. The third kappa shape index (κ3) is 9.98. The lowest BCUT2D eigenvalue weighted by Crippen LogP contribution is -2.37. The molecule has 4 heterocycles. The van der Waals surface area contributed by atoms with Crippen molar-refractivity contribution in [1.29, 1.82) is 0 Å². The van der Waals surface area contributed by atoms with E-state index >= 15 is 0 Å². The zero-order chi connectivity index (χ0) is 36.7. The van der Waals surface area contributed by atoms with Crippen LogP contribution in [-0.4, -0.2) is 112 Å². The van der Waals surface area contributed by atoms with Gasteiger partial charge in [-0.05, 0) is 0 Å². The lowest BCUT2D eigenvalue weighted by atomic mass is 10.1. The summed E-state index contributed by atoms with van der Waals surface area (Å²) in [6.07, 6.45) is -12.3. The zero-order valence-electron chi connectivity index (χ0n) is 23.9. The maximum atomic E-state index is 12.5. The van der Waals surface area contributed by atoms with E-state index < -0.39 is 116 Å². The zero-order valence-corrected chi connectivity index (χ0v) is 27.4. The van der Waals surface area contributed by atoms with Crippen molar-refractivity contribution < 1.29 is 84.8 Å². The van der Waals surface area contributed by atoms with E-state index in [1.54, 1.807) is 0 Å². The van der Waals surface area contributed by atoms with Crippen molar-refractivity contribution in [3.05, 3.63) is 66.2 Å². The number of aliphatic hydroxyl groups excluding tert-OH is 4. The first-order chi connectivity index (χ1) is 22.5. The molecule has 272 valence electrons. The van der Waals surface area contributed by atoms with Gasteiger partial charge in [-0.3, -0.25) is 37.8 Å². The molecule has 0 aromatic carbocycles. The third-order valence-electron chi connectivity index (χ3n) is 6.38. The van der Waals surface area contributed by atoms with Gasteiger partial charge in [-0.2, -0.15) is 8.62 Å². The Kier molecular flexibility index (Phi) is 11.9. The van der Waals surface area contributed by atoms with Crippen molar-refractivity contribution in [3.63, 3.8) is 0 Å². The average Bonchev–Trinajstić information content (AvgIpc) is 3.38. The quantitative estimate of drug-likeness (QED) is 0.0651. The van der Waals surface area contributed by atoms with Gasteiger partial charge < -0.3 is 49.1 Å². The van der Waals surface area contributed by atoms with E-state index in [1.807, 2.05) is 9.97 Å². The number of rotatable bonds is 14. The second kappa shape index (κ2) is 14.8. The molecular formula is C18H25BN4O22P4. The summed E-state index contributed by atoms with van der Waals surface area (Å²) >= 11 is 0. The Labute approximate surface area is 271 Å². The highest BCUT2D eigenvalue weighted by Crippen LogP contribution is 2.71. The minimum Gasteiger partial charge on any atom is -0.387 e. The van der Waals surface area contributed by atoms with Gasteiger partial charge in [0.1, 0.15) is 36.6 Å². The van der Waals surface area contributed by atoms with Crippen molar-refractivity contribution in [2.45, 2.75) is 49.1 Å². The molecule has 4 unspecified atom stereocenters. The van der Waals surface area contributed by atoms with Crippen LogP contribution in [0.25, 0.3) is 0 Å². The summed E-state index contributed by atoms with van der Waals surface area (Å²) in [4.78, 5) is 79.5. The number of nitrogens with one attached hydrogen (secondary N) is 2. The minimum atomic E-state index is -6.19. The van der Waals surface area contributed by atoms with Gasteiger partial charge in [0.25, 0.3) is 18.6 Å². The highest BCUT2D eigenvalue weighted by atomic mass is 31.3. The summed E-state index contributed by atoms with van der Waals surface area (Å²) in [7, 11) is -18.2. The summed E-state index contributed by atoms with van der Waals surface area (Å²) in [5.41, 5.74) is -3.72. The molecule has 2 radical (unpaired) electrons. The van der Waals surface area contributed by atoms with Crippen LogP contribution in [0.3, 0.4) is 0 Å². The Bertz CT molecular complexity index is 1830. The van der Waals surface area contributed by atoms with Crippen LogP contribution in [0.15, 0.2) is 43.7 Å². The van der Waals surface area contributed by atoms with E-state index in [2.05, 4.69) is 22.0 Å². The van der Waals surface area contributed by atoms with E-state index in [1.165, 1.54) is 0 Å². The highest BCUT2D eigenvalue weighted by molar-refractivity contribution is 7.84. The molecule has 31 heteroatoms. The molecule has 49 heavy (non-hydrogen) atoms. The number of H-pyrrole nitrogens is 2. The Morgan fingerprint density at radius 2 is 1.04 bits per heavy atom. The number of aromatic amines is 2. The van der Waals surface area contributed by atoms with E-state index in [0.29, 0.717) is 9.13 Å². The first-order valence-corrected chi connectivity index (χ1v) is 19.1. The van der Waals surface area contributed by atoms with Crippen LogP contribution in [-0.2, 0) is 49.7 Å². The fourth-order valence-electron chi connectivity index (χ4n) is 4.28. The van der Waals surface area contributed by atoms with Crippen molar-refractivity contribution in [1.82, 2.24) is 19.1 Å². The lowest BCUT2D eigenvalue weighted by molar-refractivity contribution is -0.0542. The topological polar surface area (TPSA) is 384 Å². The molecule has 2 aliphatic rings. The molecule has 0 spiro atoms. The summed E-state index contributed by atoms with van der Waals surface area (Å²) in [6.45, 7) is -2.28. The van der Waals surface area contributed by atoms with Crippen LogP contribution in [0.1, 0.15) is 12.5 Å². The average molecular weight is 784 g/mol. The van der Waals surface area contributed by atoms with Gasteiger partial charge in [0.05, 0.1) is 13.2 Å². The van der Waals surface area contributed by atoms with Gasteiger partial charge in [0.2, 0.25) is 7.57 Å². The van der Waals surface area contributed by atoms with Crippen LogP contribution in [0.4, 0.5) is 0 Å². The van der Waals surface area contributed by atoms with Gasteiger partial charge in [-0.15, -0.1) is 0 Å². The molecule has 2 aromatic heterocycles. The fourth-order valence-corrected chi connectivity index (χ4v) is 9.35. The summed E-state index contributed by atoms with van der Waals surface area (Å²) < 4.78 is 81.6. The summed E-state index contributed by atoms with van der Waals surface area (Å²) in [5.74, 6) is 0. The van der Waals surface area contributed by atoms with Crippen LogP contribution < -0.4 is 22.5 Å². The third-order valence-corrected chi connectivity index (χ3v) is 12.4. The molecule has 2 aromatic rings. The molecule has 0 saturated carbocycles. The molecule has 2 fully saturated rings. The van der Waals surface area contributed by atoms with Crippen molar-refractivity contribution >= 4 is 38.5 Å². The molecule has 0 bridgehead atoms. The number of ether oxygens (including phenoxy) is 2. The molecular weight excluding hydrogens is 759 g/mol. The van der Waals surface area contributed by atoms with E-state index in [9.17, 15) is 72.5 Å². The van der Waals surface area contributed by atoms with Crippen molar-refractivity contribution in [2.24, 2.45) is 0 Å². The Hall–Kier alpha value is -2.22. The number of aromatic nitrogens is 4. The molecule has 0 amide bonds. The number of hydrogen-bond acceptors (Lipinski definition) is 19.